The Morgan fingerprint density at radius 2 is 1.61 bits per heavy atom. The fraction of sp³-hybridized carbons (Fsp3) is 0.647. The molecule has 1 rings (SSSR count). The van der Waals surface area contributed by atoms with E-state index in [9.17, 15) is 0 Å². The first-order valence-corrected chi connectivity index (χ1v) is 7.12. The third kappa shape index (κ3) is 4.81. The first-order valence-electron chi connectivity index (χ1n) is 7.12. The van der Waals surface area contributed by atoms with Gasteiger partial charge in [-0.05, 0) is 47.8 Å². The fourth-order valence-electron chi connectivity index (χ4n) is 2.40. The topological polar surface area (TPSA) is 26.0 Å². The van der Waals surface area contributed by atoms with Crippen molar-refractivity contribution in [1.29, 1.82) is 0 Å². The van der Waals surface area contributed by atoms with Gasteiger partial charge in [0.2, 0.25) is 0 Å². The van der Waals surface area contributed by atoms with Gasteiger partial charge in [-0.25, -0.2) is 0 Å². The van der Waals surface area contributed by atoms with Crippen molar-refractivity contribution in [2.24, 2.45) is 17.6 Å². The van der Waals surface area contributed by atoms with Gasteiger partial charge in [-0.3, -0.25) is 0 Å². The zero-order chi connectivity index (χ0) is 13.8. The lowest BCUT2D eigenvalue weighted by Gasteiger charge is -2.20. The second-order valence-electron chi connectivity index (χ2n) is 6.88. The average Bonchev–Trinajstić information content (AvgIpc) is 2.27. The van der Waals surface area contributed by atoms with Crippen molar-refractivity contribution in [2.75, 3.05) is 6.54 Å². The highest BCUT2D eigenvalue weighted by molar-refractivity contribution is 5.27. The molecular weight excluding hydrogens is 218 g/mol. The summed E-state index contributed by atoms with van der Waals surface area (Å²) in [5, 5.41) is 0. The standard InChI is InChI=1S/C17H29N/c1-13(2)10-15(12-18)11-14-6-8-16(9-7-14)17(3,4)5/h6-9,13,15H,10-12,18H2,1-5H3. The van der Waals surface area contributed by atoms with Gasteiger partial charge in [0.05, 0.1) is 0 Å². The molecule has 0 heterocycles. The maximum absolute atomic E-state index is 5.87. The molecule has 102 valence electrons. The minimum Gasteiger partial charge on any atom is -0.330 e. The number of rotatable bonds is 5. The summed E-state index contributed by atoms with van der Waals surface area (Å²) in [7, 11) is 0. The maximum atomic E-state index is 5.87. The molecule has 0 aromatic heterocycles. The van der Waals surface area contributed by atoms with Crippen molar-refractivity contribution in [2.45, 2.75) is 52.9 Å². The van der Waals surface area contributed by atoms with Gasteiger partial charge in [-0.15, -0.1) is 0 Å². The molecule has 0 aliphatic heterocycles. The van der Waals surface area contributed by atoms with Crippen LogP contribution >= 0.6 is 0 Å². The third-order valence-electron chi connectivity index (χ3n) is 3.48. The monoisotopic (exact) mass is 247 g/mol. The smallest absolute Gasteiger partial charge is 0.00456 e. The minimum atomic E-state index is 0.240. The highest BCUT2D eigenvalue weighted by Gasteiger charge is 2.14. The predicted octanol–water partition coefficient (Wildman–Crippen LogP) is 4.15. The Hall–Kier alpha value is -0.820. The first kappa shape index (κ1) is 15.2. The lowest BCUT2D eigenvalue weighted by Crippen LogP contribution is -2.19. The van der Waals surface area contributed by atoms with E-state index in [4.69, 9.17) is 5.73 Å². The molecule has 1 aromatic rings. The predicted molar refractivity (Wildman–Crippen MR) is 80.8 cm³/mol. The van der Waals surface area contributed by atoms with E-state index in [0.717, 1.165) is 18.9 Å². The molecular formula is C17H29N. The SMILES string of the molecule is CC(C)CC(CN)Cc1ccc(C(C)(C)C)cc1. The summed E-state index contributed by atoms with van der Waals surface area (Å²) < 4.78 is 0. The van der Waals surface area contributed by atoms with E-state index in [2.05, 4.69) is 58.9 Å². The molecule has 0 aliphatic rings. The van der Waals surface area contributed by atoms with Gasteiger partial charge in [0.1, 0.15) is 0 Å². The van der Waals surface area contributed by atoms with E-state index in [1.54, 1.807) is 0 Å². The van der Waals surface area contributed by atoms with Crippen LogP contribution in [0.25, 0.3) is 0 Å². The molecule has 1 unspecified atom stereocenters. The van der Waals surface area contributed by atoms with E-state index >= 15 is 0 Å². The Morgan fingerprint density at radius 1 is 1.06 bits per heavy atom. The fourth-order valence-corrected chi connectivity index (χ4v) is 2.40. The van der Waals surface area contributed by atoms with Gasteiger partial charge < -0.3 is 5.73 Å². The normalized spacial score (nSPS) is 13.9. The molecule has 1 heteroatoms. The average molecular weight is 247 g/mol. The van der Waals surface area contributed by atoms with Crippen LogP contribution in [0.4, 0.5) is 0 Å². The van der Waals surface area contributed by atoms with E-state index in [-0.39, 0.29) is 5.41 Å². The maximum Gasteiger partial charge on any atom is -0.00456 e. The van der Waals surface area contributed by atoms with Gasteiger partial charge in [-0.1, -0.05) is 58.9 Å². The lowest BCUT2D eigenvalue weighted by atomic mass is 9.85. The van der Waals surface area contributed by atoms with Gasteiger partial charge >= 0.3 is 0 Å². The summed E-state index contributed by atoms with van der Waals surface area (Å²) in [4.78, 5) is 0. The molecule has 2 N–H and O–H groups in total. The molecule has 1 aromatic carbocycles. The van der Waals surface area contributed by atoms with Gasteiger partial charge in [0, 0.05) is 0 Å². The molecule has 0 amide bonds. The summed E-state index contributed by atoms with van der Waals surface area (Å²) >= 11 is 0. The van der Waals surface area contributed by atoms with Crippen molar-refractivity contribution in [3.63, 3.8) is 0 Å². The van der Waals surface area contributed by atoms with Crippen LogP contribution in [0.3, 0.4) is 0 Å². The Morgan fingerprint density at radius 3 is 2.00 bits per heavy atom. The van der Waals surface area contributed by atoms with Gasteiger partial charge in [0.15, 0.2) is 0 Å². The summed E-state index contributed by atoms with van der Waals surface area (Å²) in [6, 6.07) is 9.06. The number of benzene rings is 1. The highest BCUT2D eigenvalue weighted by atomic mass is 14.5. The van der Waals surface area contributed by atoms with E-state index in [0.29, 0.717) is 5.92 Å². The number of nitrogens with two attached hydrogens (primary N) is 1. The quantitative estimate of drug-likeness (QED) is 0.831. The summed E-state index contributed by atoms with van der Waals surface area (Å²) in [6.45, 7) is 12.1. The second-order valence-corrected chi connectivity index (χ2v) is 6.88. The summed E-state index contributed by atoms with van der Waals surface area (Å²) in [5.41, 5.74) is 8.93. The van der Waals surface area contributed by atoms with Crippen LogP contribution in [0, 0.1) is 11.8 Å². The van der Waals surface area contributed by atoms with Crippen molar-refractivity contribution >= 4 is 0 Å². The zero-order valence-electron chi connectivity index (χ0n) is 12.7. The van der Waals surface area contributed by atoms with E-state index in [1.165, 1.54) is 17.5 Å². The van der Waals surface area contributed by atoms with Crippen LogP contribution in [0.2, 0.25) is 0 Å². The molecule has 1 atom stereocenters. The Kier molecular flexibility index (Phi) is 5.40. The number of hydrogen-bond donors (Lipinski definition) is 1. The Balaban J connectivity index is 2.68. The number of hydrogen-bond acceptors (Lipinski definition) is 1. The van der Waals surface area contributed by atoms with Crippen molar-refractivity contribution in [1.82, 2.24) is 0 Å². The molecule has 0 saturated heterocycles. The van der Waals surface area contributed by atoms with Crippen LogP contribution < -0.4 is 5.73 Å². The highest BCUT2D eigenvalue weighted by Crippen LogP contribution is 2.23. The molecule has 0 bridgehead atoms. The van der Waals surface area contributed by atoms with Crippen molar-refractivity contribution in [3.8, 4) is 0 Å². The summed E-state index contributed by atoms with van der Waals surface area (Å²) in [5.74, 6) is 1.35. The zero-order valence-corrected chi connectivity index (χ0v) is 12.7. The minimum absolute atomic E-state index is 0.240. The molecule has 0 spiro atoms. The van der Waals surface area contributed by atoms with Gasteiger partial charge in [-0.2, -0.15) is 0 Å². The molecule has 1 nitrogen and oxygen atoms in total. The van der Waals surface area contributed by atoms with Crippen LogP contribution in [-0.2, 0) is 11.8 Å². The van der Waals surface area contributed by atoms with E-state index < -0.39 is 0 Å². The van der Waals surface area contributed by atoms with E-state index in [1.807, 2.05) is 0 Å². The third-order valence-corrected chi connectivity index (χ3v) is 3.48. The van der Waals surface area contributed by atoms with Crippen LogP contribution in [-0.4, -0.2) is 6.54 Å². The van der Waals surface area contributed by atoms with Gasteiger partial charge in [0.25, 0.3) is 0 Å². The van der Waals surface area contributed by atoms with Crippen molar-refractivity contribution < 1.29 is 0 Å². The van der Waals surface area contributed by atoms with Crippen LogP contribution in [0.5, 0.6) is 0 Å². The Labute approximate surface area is 113 Å². The van der Waals surface area contributed by atoms with Crippen LogP contribution in [0.1, 0.15) is 52.2 Å². The lowest BCUT2D eigenvalue weighted by molar-refractivity contribution is 0.415. The Bertz CT molecular complexity index is 343. The van der Waals surface area contributed by atoms with Crippen LogP contribution in [0.15, 0.2) is 24.3 Å². The molecule has 18 heavy (non-hydrogen) atoms. The second kappa shape index (κ2) is 6.38. The molecule has 0 fully saturated rings. The van der Waals surface area contributed by atoms with Crippen molar-refractivity contribution in [3.05, 3.63) is 35.4 Å². The molecule has 0 aliphatic carbocycles. The molecule has 0 saturated carbocycles. The molecule has 0 radical (unpaired) electrons. The first-order chi connectivity index (χ1) is 8.32. The summed E-state index contributed by atoms with van der Waals surface area (Å²) in [6.07, 6.45) is 2.33. The largest absolute Gasteiger partial charge is 0.330 e.